The molecule has 0 saturated heterocycles. The number of hydrogen-bond acceptors (Lipinski definition) is 2. The van der Waals surface area contributed by atoms with Crippen molar-refractivity contribution in [3.63, 3.8) is 0 Å². The zero-order valence-electron chi connectivity index (χ0n) is 17.7. The van der Waals surface area contributed by atoms with Gasteiger partial charge in [0.2, 0.25) is 0 Å². The van der Waals surface area contributed by atoms with Gasteiger partial charge < -0.3 is 5.11 Å². The molecule has 29 heavy (non-hydrogen) atoms. The largest absolute Gasteiger partial charge is 0.508 e. The Labute approximate surface area is 174 Å². The normalized spacial score (nSPS) is 33.1. The molecule has 3 aliphatic rings. The van der Waals surface area contributed by atoms with Gasteiger partial charge in [0.05, 0.1) is 0 Å². The Bertz CT molecular complexity index is 928. The molecule has 5 rings (SSSR count). The number of phenolic OH excluding ortho intramolecular Hbond substituents is 1. The summed E-state index contributed by atoms with van der Waals surface area (Å²) in [6.45, 7) is 4.40. The molecule has 2 nitrogen and oxygen atoms in total. The van der Waals surface area contributed by atoms with Crippen LogP contribution in [0, 0.1) is 30.1 Å². The molecule has 0 spiro atoms. The maximum absolute atomic E-state index is 13.1. The average molecular weight is 389 g/mol. The molecule has 0 amide bonds. The maximum Gasteiger partial charge on any atom is 0.139 e. The van der Waals surface area contributed by atoms with E-state index in [1.807, 2.05) is 12.1 Å². The molecule has 2 aromatic carbocycles. The molecule has 0 aromatic heterocycles. The minimum Gasteiger partial charge on any atom is -0.508 e. The van der Waals surface area contributed by atoms with E-state index in [2.05, 4.69) is 44.2 Å². The molecule has 0 heterocycles. The lowest BCUT2D eigenvalue weighted by molar-refractivity contribution is -0.129. The molecule has 0 radical (unpaired) electrons. The molecule has 2 aromatic rings. The molecule has 1 N–H and O–H groups in total. The maximum atomic E-state index is 13.1. The highest BCUT2D eigenvalue weighted by Crippen LogP contribution is 2.62. The second kappa shape index (κ2) is 7.00. The van der Waals surface area contributed by atoms with Gasteiger partial charge in [0.1, 0.15) is 11.5 Å². The minimum atomic E-state index is -0.118. The predicted molar refractivity (Wildman–Crippen MR) is 116 cm³/mol. The van der Waals surface area contributed by atoms with E-state index in [-0.39, 0.29) is 5.41 Å². The zero-order valence-corrected chi connectivity index (χ0v) is 17.7. The summed E-state index contributed by atoms with van der Waals surface area (Å²) in [7, 11) is 0. The number of hydrogen-bond donors (Lipinski definition) is 1. The monoisotopic (exact) mass is 388 g/mol. The van der Waals surface area contributed by atoms with Crippen LogP contribution in [0.3, 0.4) is 0 Å². The molecule has 0 bridgehead atoms. The number of phenols is 1. The van der Waals surface area contributed by atoms with Gasteiger partial charge in [-0.2, -0.15) is 0 Å². The van der Waals surface area contributed by atoms with Crippen molar-refractivity contribution in [3.05, 3.63) is 64.7 Å². The quantitative estimate of drug-likeness (QED) is 0.702. The van der Waals surface area contributed by atoms with Gasteiger partial charge >= 0.3 is 0 Å². The second-order valence-electron chi connectivity index (χ2n) is 10.1. The number of Topliss-reactive ketones (excluding diaryl/α,β-unsaturated/α-hetero) is 1. The second-order valence-corrected chi connectivity index (χ2v) is 10.1. The fourth-order valence-electron chi connectivity index (χ4n) is 7.00. The number of rotatable bonds is 3. The minimum absolute atomic E-state index is 0.118. The van der Waals surface area contributed by atoms with Crippen LogP contribution in [0.2, 0.25) is 0 Å². The van der Waals surface area contributed by atoms with Gasteiger partial charge in [0, 0.05) is 11.8 Å². The summed E-state index contributed by atoms with van der Waals surface area (Å²) in [4.78, 5) is 13.1. The van der Waals surface area contributed by atoms with Crippen LogP contribution < -0.4 is 0 Å². The fraction of sp³-hybridized carbons (Fsp3) is 0.519. The van der Waals surface area contributed by atoms with E-state index >= 15 is 0 Å². The van der Waals surface area contributed by atoms with Crippen LogP contribution in [-0.4, -0.2) is 10.9 Å². The first-order valence-corrected chi connectivity index (χ1v) is 11.4. The van der Waals surface area contributed by atoms with Gasteiger partial charge in [-0.1, -0.05) is 42.8 Å². The summed E-state index contributed by atoms with van der Waals surface area (Å²) < 4.78 is 0. The van der Waals surface area contributed by atoms with Crippen molar-refractivity contribution >= 4 is 5.78 Å². The van der Waals surface area contributed by atoms with E-state index < -0.39 is 0 Å². The third kappa shape index (κ3) is 3.12. The number of aromatic hydroxyl groups is 1. The van der Waals surface area contributed by atoms with E-state index in [4.69, 9.17) is 0 Å². The van der Waals surface area contributed by atoms with Crippen molar-refractivity contribution in [2.24, 2.45) is 23.2 Å². The van der Waals surface area contributed by atoms with Crippen LogP contribution in [-0.2, 0) is 17.6 Å². The van der Waals surface area contributed by atoms with Crippen molar-refractivity contribution in [3.8, 4) is 5.75 Å². The molecular weight excluding hydrogens is 356 g/mol. The average Bonchev–Trinajstić information content (AvgIpc) is 2.97. The molecular formula is C27H32O2. The number of carbonyl (C=O) groups is 1. The van der Waals surface area contributed by atoms with Crippen molar-refractivity contribution < 1.29 is 9.90 Å². The summed E-state index contributed by atoms with van der Waals surface area (Å²) in [6, 6.07) is 14.9. The van der Waals surface area contributed by atoms with Gasteiger partial charge in [0.25, 0.3) is 0 Å². The highest BCUT2D eigenvalue weighted by atomic mass is 16.3. The van der Waals surface area contributed by atoms with E-state index in [1.54, 1.807) is 0 Å². The molecule has 5 unspecified atom stereocenters. The lowest BCUT2D eigenvalue weighted by atomic mass is 9.54. The number of benzene rings is 2. The first kappa shape index (κ1) is 18.9. The number of ketones is 1. The SMILES string of the molecule is Cc1ccc(CCC2CC(=O)C3(C)CCC4c5ccc(O)cc5CCC4C23)cc1. The molecule has 0 aliphatic heterocycles. The van der Waals surface area contributed by atoms with Crippen molar-refractivity contribution in [1.82, 2.24) is 0 Å². The van der Waals surface area contributed by atoms with Crippen LogP contribution >= 0.6 is 0 Å². The number of carbonyl (C=O) groups excluding carboxylic acids is 1. The lowest BCUT2D eigenvalue weighted by Gasteiger charge is -2.50. The van der Waals surface area contributed by atoms with Gasteiger partial charge in [-0.25, -0.2) is 0 Å². The van der Waals surface area contributed by atoms with Crippen molar-refractivity contribution in [2.45, 2.75) is 64.7 Å². The first-order chi connectivity index (χ1) is 14.0. The summed E-state index contributed by atoms with van der Waals surface area (Å²) >= 11 is 0. The Morgan fingerprint density at radius 2 is 1.90 bits per heavy atom. The van der Waals surface area contributed by atoms with Gasteiger partial charge in [-0.15, -0.1) is 0 Å². The third-order valence-electron chi connectivity index (χ3n) is 8.48. The van der Waals surface area contributed by atoms with Crippen LogP contribution in [0.4, 0.5) is 0 Å². The number of aryl methyl sites for hydroxylation is 3. The van der Waals surface area contributed by atoms with Crippen LogP contribution in [0.5, 0.6) is 5.75 Å². The molecule has 2 fully saturated rings. The van der Waals surface area contributed by atoms with Gasteiger partial charge in [0.15, 0.2) is 0 Å². The predicted octanol–water partition coefficient (Wildman–Crippen LogP) is 5.98. The molecule has 152 valence electrons. The Morgan fingerprint density at radius 1 is 1.10 bits per heavy atom. The molecule has 2 saturated carbocycles. The summed E-state index contributed by atoms with van der Waals surface area (Å²) in [6.07, 6.45) is 7.32. The Kier molecular flexibility index (Phi) is 4.57. The number of fused-ring (bicyclic) bond motifs is 5. The Hall–Kier alpha value is -2.09. The molecule has 2 heteroatoms. The van der Waals surface area contributed by atoms with Gasteiger partial charge in [-0.05, 0) is 97.9 Å². The van der Waals surface area contributed by atoms with Crippen molar-refractivity contribution in [1.29, 1.82) is 0 Å². The van der Waals surface area contributed by atoms with E-state index in [0.717, 1.165) is 44.9 Å². The van der Waals surface area contributed by atoms with E-state index in [1.165, 1.54) is 22.3 Å². The van der Waals surface area contributed by atoms with Crippen LogP contribution in [0.25, 0.3) is 0 Å². The smallest absolute Gasteiger partial charge is 0.139 e. The standard InChI is InChI=1S/C27H32O2/c1-17-3-5-18(6-4-17)7-8-20-16-25(29)27(2)14-13-23-22-12-10-21(28)15-19(22)9-11-24(23)26(20)27/h3-6,10,12,15,20,23-24,26,28H,7-9,11,13-14,16H2,1-2H3. The highest BCUT2D eigenvalue weighted by Gasteiger charge is 2.58. The molecule has 3 aliphatic carbocycles. The summed E-state index contributed by atoms with van der Waals surface area (Å²) in [5.74, 6) is 3.10. The fourth-order valence-corrected chi connectivity index (χ4v) is 7.00. The third-order valence-corrected chi connectivity index (χ3v) is 8.48. The van der Waals surface area contributed by atoms with E-state index in [0.29, 0.717) is 35.2 Å². The lowest BCUT2D eigenvalue weighted by Crippen LogP contribution is -2.44. The molecule has 5 atom stereocenters. The highest BCUT2D eigenvalue weighted by molar-refractivity contribution is 5.87. The summed E-state index contributed by atoms with van der Waals surface area (Å²) in [5.41, 5.74) is 5.36. The van der Waals surface area contributed by atoms with Crippen molar-refractivity contribution in [2.75, 3.05) is 0 Å². The zero-order chi connectivity index (χ0) is 20.2. The summed E-state index contributed by atoms with van der Waals surface area (Å²) in [5, 5.41) is 9.90. The Balaban J connectivity index is 1.41. The topological polar surface area (TPSA) is 37.3 Å². The van der Waals surface area contributed by atoms with E-state index in [9.17, 15) is 9.90 Å². The van der Waals surface area contributed by atoms with Crippen LogP contribution in [0.15, 0.2) is 42.5 Å². The van der Waals surface area contributed by atoms with Crippen LogP contribution in [0.1, 0.15) is 67.2 Å². The van der Waals surface area contributed by atoms with Gasteiger partial charge in [-0.3, -0.25) is 4.79 Å². The Morgan fingerprint density at radius 3 is 2.69 bits per heavy atom. The first-order valence-electron chi connectivity index (χ1n) is 11.4.